The molecule has 2 aromatic carbocycles. The van der Waals surface area contributed by atoms with E-state index < -0.39 is 35.9 Å². The number of carboxylic acid groups (broad SMARTS) is 1. The molecule has 35 heavy (non-hydrogen) atoms. The molecule has 3 aromatic rings. The second kappa shape index (κ2) is 9.49. The third-order valence-corrected chi connectivity index (χ3v) is 5.39. The summed E-state index contributed by atoms with van der Waals surface area (Å²) >= 11 is 0. The lowest BCUT2D eigenvalue weighted by Crippen LogP contribution is -2.50. The number of halogens is 3. The lowest BCUT2D eigenvalue weighted by Gasteiger charge is -2.16. The summed E-state index contributed by atoms with van der Waals surface area (Å²) in [5.74, 6) is -3.87. The molecule has 12 heteroatoms. The lowest BCUT2D eigenvalue weighted by atomic mass is 9.98. The molecule has 1 unspecified atom stereocenters. The van der Waals surface area contributed by atoms with Gasteiger partial charge in [0, 0.05) is 12.0 Å². The number of hydrogen-bond donors (Lipinski definition) is 3. The number of fused-ring (bicyclic) bond motifs is 3. The van der Waals surface area contributed by atoms with Crippen molar-refractivity contribution < 1.29 is 41.9 Å². The SMILES string of the molecule is O=C(NCc1cc(C(=O)NC(C(=O)O)C(F)(F)F)no1)OCC1c2ccccc2-c2ccccc21. The van der Waals surface area contributed by atoms with Gasteiger partial charge in [-0.1, -0.05) is 53.7 Å². The molecule has 182 valence electrons. The van der Waals surface area contributed by atoms with Crippen LogP contribution in [0, 0.1) is 0 Å². The first-order valence-corrected chi connectivity index (χ1v) is 10.3. The molecule has 1 atom stereocenters. The van der Waals surface area contributed by atoms with E-state index in [1.54, 1.807) is 0 Å². The summed E-state index contributed by atoms with van der Waals surface area (Å²) < 4.78 is 48.3. The molecule has 0 aliphatic heterocycles. The van der Waals surface area contributed by atoms with E-state index in [2.05, 4.69) is 10.5 Å². The summed E-state index contributed by atoms with van der Waals surface area (Å²) in [4.78, 5) is 34.9. The van der Waals surface area contributed by atoms with Crippen LogP contribution < -0.4 is 10.6 Å². The Hall–Kier alpha value is -4.35. The zero-order valence-corrected chi connectivity index (χ0v) is 17.8. The number of hydrogen-bond acceptors (Lipinski definition) is 6. The molecule has 1 heterocycles. The van der Waals surface area contributed by atoms with Gasteiger partial charge in [0.2, 0.25) is 6.04 Å². The van der Waals surface area contributed by atoms with Crippen molar-refractivity contribution in [3.63, 3.8) is 0 Å². The molecule has 0 fully saturated rings. The van der Waals surface area contributed by atoms with E-state index in [1.165, 1.54) is 5.32 Å². The smallest absolute Gasteiger partial charge is 0.419 e. The number of ether oxygens (including phenoxy) is 1. The highest BCUT2D eigenvalue weighted by molar-refractivity contribution is 5.95. The summed E-state index contributed by atoms with van der Waals surface area (Å²) in [6, 6.07) is 13.5. The minimum Gasteiger partial charge on any atom is -0.479 e. The fourth-order valence-electron chi connectivity index (χ4n) is 3.80. The molecule has 4 rings (SSSR count). The van der Waals surface area contributed by atoms with E-state index in [4.69, 9.17) is 14.4 Å². The first kappa shape index (κ1) is 23.8. The van der Waals surface area contributed by atoms with Crippen LogP contribution in [0.15, 0.2) is 59.1 Å². The number of carbonyl (C=O) groups excluding carboxylic acids is 2. The highest BCUT2D eigenvalue weighted by Crippen LogP contribution is 2.44. The van der Waals surface area contributed by atoms with E-state index >= 15 is 0 Å². The third-order valence-electron chi connectivity index (χ3n) is 5.39. The lowest BCUT2D eigenvalue weighted by molar-refractivity contribution is -0.178. The number of nitrogens with zero attached hydrogens (tertiary/aromatic N) is 1. The maximum atomic E-state index is 12.7. The van der Waals surface area contributed by atoms with Crippen LogP contribution >= 0.6 is 0 Å². The summed E-state index contributed by atoms with van der Waals surface area (Å²) in [6.07, 6.45) is -5.98. The number of amides is 2. The zero-order valence-electron chi connectivity index (χ0n) is 17.8. The molecule has 0 spiro atoms. The van der Waals surface area contributed by atoms with Gasteiger partial charge in [0.15, 0.2) is 11.5 Å². The van der Waals surface area contributed by atoms with Crippen molar-refractivity contribution in [3.05, 3.63) is 77.2 Å². The van der Waals surface area contributed by atoms with Crippen molar-refractivity contribution in [2.24, 2.45) is 0 Å². The van der Waals surface area contributed by atoms with Gasteiger partial charge in [-0.2, -0.15) is 13.2 Å². The molecule has 2 amide bonds. The number of benzene rings is 2. The molecule has 0 radical (unpaired) electrons. The number of carboxylic acids is 1. The average Bonchev–Trinajstić information content (AvgIpc) is 3.42. The van der Waals surface area contributed by atoms with Gasteiger partial charge in [-0.15, -0.1) is 0 Å². The van der Waals surface area contributed by atoms with Gasteiger partial charge in [0.25, 0.3) is 5.91 Å². The van der Waals surface area contributed by atoms with Crippen LogP contribution in [0.25, 0.3) is 11.1 Å². The molecule has 0 bridgehead atoms. The zero-order chi connectivity index (χ0) is 25.2. The Balaban J connectivity index is 1.32. The Labute approximate surface area is 195 Å². The van der Waals surface area contributed by atoms with Crippen LogP contribution in [-0.4, -0.2) is 47.1 Å². The van der Waals surface area contributed by atoms with Gasteiger partial charge in [-0.05, 0) is 22.3 Å². The molecule has 1 aliphatic carbocycles. The van der Waals surface area contributed by atoms with Crippen molar-refractivity contribution in [2.45, 2.75) is 24.7 Å². The molecule has 3 N–H and O–H groups in total. The van der Waals surface area contributed by atoms with Gasteiger partial charge >= 0.3 is 18.2 Å². The number of carbonyl (C=O) groups is 3. The van der Waals surface area contributed by atoms with Crippen molar-refractivity contribution in [1.29, 1.82) is 0 Å². The van der Waals surface area contributed by atoms with E-state index in [-0.39, 0.29) is 24.8 Å². The Bertz CT molecular complexity index is 1230. The van der Waals surface area contributed by atoms with Crippen molar-refractivity contribution in [1.82, 2.24) is 15.8 Å². The van der Waals surface area contributed by atoms with E-state index in [9.17, 15) is 27.6 Å². The van der Waals surface area contributed by atoms with Gasteiger partial charge < -0.3 is 25.0 Å². The second-order valence-corrected chi connectivity index (χ2v) is 7.64. The number of nitrogens with one attached hydrogen (secondary N) is 2. The van der Waals surface area contributed by atoms with Crippen LogP contribution in [0.5, 0.6) is 0 Å². The van der Waals surface area contributed by atoms with Gasteiger partial charge in [0.05, 0.1) is 6.54 Å². The van der Waals surface area contributed by atoms with Crippen LogP contribution in [0.3, 0.4) is 0 Å². The minimum atomic E-state index is -5.19. The van der Waals surface area contributed by atoms with Crippen LogP contribution in [0.2, 0.25) is 0 Å². The first-order chi connectivity index (χ1) is 16.6. The third kappa shape index (κ3) is 5.10. The van der Waals surface area contributed by atoms with Crippen molar-refractivity contribution in [2.75, 3.05) is 6.61 Å². The molecule has 9 nitrogen and oxygen atoms in total. The fourth-order valence-corrected chi connectivity index (χ4v) is 3.80. The Morgan fingerprint density at radius 3 is 2.23 bits per heavy atom. The predicted molar refractivity (Wildman–Crippen MR) is 113 cm³/mol. The monoisotopic (exact) mass is 489 g/mol. The van der Waals surface area contributed by atoms with Gasteiger partial charge in [0.1, 0.15) is 6.61 Å². The van der Waals surface area contributed by atoms with Crippen molar-refractivity contribution in [3.8, 4) is 11.1 Å². The fraction of sp³-hybridized carbons (Fsp3) is 0.217. The Morgan fingerprint density at radius 2 is 1.66 bits per heavy atom. The number of aromatic nitrogens is 1. The maximum Gasteiger partial charge on any atom is 0.419 e. The van der Waals surface area contributed by atoms with E-state index in [0.717, 1.165) is 28.3 Å². The quantitative estimate of drug-likeness (QED) is 0.463. The van der Waals surface area contributed by atoms with E-state index in [1.807, 2.05) is 48.5 Å². The molecular formula is C23H18F3N3O6. The largest absolute Gasteiger partial charge is 0.479 e. The van der Waals surface area contributed by atoms with Crippen LogP contribution in [-0.2, 0) is 16.1 Å². The summed E-state index contributed by atoms with van der Waals surface area (Å²) in [7, 11) is 0. The molecule has 1 aromatic heterocycles. The Kier molecular flexibility index (Phi) is 6.45. The standard InChI is InChI=1S/C23H18F3N3O6/c24-23(25,26)19(21(31)32)28-20(30)18-9-12(35-29-18)10-27-22(33)34-11-17-15-7-3-1-5-13(15)14-6-2-4-8-16(14)17/h1-9,17,19H,10-11H2,(H,27,33)(H,28,30)(H,31,32). The van der Waals surface area contributed by atoms with Gasteiger partial charge in [-0.25, -0.2) is 9.59 Å². The summed E-state index contributed by atoms with van der Waals surface area (Å²) in [5.41, 5.74) is 3.63. The molecule has 1 aliphatic rings. The summed E-state index contributed by atoms with van der Waals surface area (Å²) in [6.45, 7) is -0.198. The average molecular weight is 489 g/mol. The highest BCUT2D eigenvalue weighted by atomic mass is 19.4. The van der Waals surface area contributed by atoms with Gasteiger partial charge in [-0.3, -0.25) is 4.79 Å². The molecule has 0 saturated carbocycles. The predicted octanol–water partition coefficient (Wildman–Crippen LogP) is 3.46. The summed E-state index contributed by atoms with van der Waals surface area (Å²) in [5, 5.41) is 15.7. The highest BCUT2D eigenvalue weighted by Gasteiger charge is 2.46. The number of rotatable bonds is 7. The van der Waals surface area contributed by atoms with E-state index in [0.29, 0.717) is 0 Å². The minimum absolute atomic E-state index is 0.0532. The van der Waals surface area contributed by atoms with Crippen molar-refractivity contribution >= 4 is 18.0 Å². The Morgan fingerprint density at radius 1 is 1.06 bits per heavy atom. The number of alkyl carbamates (subject to hydrolysis) is 1. The number of aliphatic carboxylic acids is 1. The number of alkyl halides is 3. The topological polar surface area (TPSA) is 131 Å². The maximum absolute atomic E-state index is 12.7. The normalized spacial score (nSPS) is 13.5. The molecule has 0 saturated heterocycles. The molecular weight excluding hydrogens is 471 g/mol. The first-order valence-electron chi connectivity index (χ1n) is 10.3. The van der Waals surface area contributed by atoms with Crippen LogP contribution in [0.1, 0.15) is 33.3 Å². The second-order valence-electron chi connectivity index (χ2n) is 7.64. The van der Waals surface area contributed by atoms with Crippen LogP contribution in [0.4, 0.5) is 18.0 Å².